The van der Waals surface area contributed by atoms with Crippen LogP contribution in [0.15, 0.2) is 18.2 Å². The van der Waals surface area contributed by atoms with Crippen LogP contribution in [0.2, 0.25) is 10.0 Å². The van der Waals surface area contributed by atoms with Gasteiger partial charge in [0.1, 0.15) is 6.54 Å². The Balaban J connectivity index is 2.36. The highest BCUT2D eigenvalue weighted by molar-refractivity contribution is 6.42. The average Bonchev–Trinajstić information content (AvgIpc) is 2.52. The van der Waals surface area contributed by atoms with Crippen molar-refractivity contribution in [3.05, 3.63) is 33.8 Å². The van der Waals surface area contributed by atoms with Crippen LogP contribution >= 0.6 is 23.2 Å². The van der Waals surface area contributed by atoms with Gasteiger partial charge in [-0.05, 0) is 31.0 Å². The molecule has 1 aromatic rings. The van der Waals surface area contributed by atoms with E-state index >= 15 is 0 Å². The van der Waals surface area contributed by atoms with E-state index in [-0.39, 0.29) is 35.0 Å². The number of carbonyl (C=O) groups is 3. The molecule has 0 bridgehead atoms. The predicted molar refractivity (Wildman–Crippen MR) is 92.2 cm³/mol. The summed E-state index contributed by atoms with van der Waals surface area (Å²) in [6.07, 6.45) is 0. The first-order valence-electron chi connectivity index (χ1n) is 7.39. The molecule has 1 atom stereocenters. The minimum absolute atomic E-state index is 0.0226. The smallest absolute Gasteiger partial charge is 0.325 e. The van der Waals surface area contributed by atoms with Gasteiger partial charge in [-0.25, -0.2) is 0 Å². The van der Waals surface area contributed by atoms with Gasteiger partial charge in [-0.15, -0.1) is 0 Å². The van der Waals surface area contributed by atoms with Crippen molar-refractivity contribution >= 4 is 41.0 Å². The number of esters is 1. The minimum atomic E-state index is -0.712. The second-order valence-electron chi connectivity index (χ2n) is 5.57. The van der Waals surface area contributed by atoms with Crippen LogP contribution in [0, 0.1) is 5.92 Å². The molecule has 1 aromatic carbocycles. The molecule has 8 heteroatoms. The number of benzene rings is 1. The van der Waals surface area contributed by atoms with E-state index in [0.717, 1.165) is 0 Å². The zero-order valence-electron chi connectivity index (χ0n) is 13.7. The van der Waals surface area contributed by atoms with Gasteiger partial charge in [0.05, 0.1) is 10.0 Å². The van der Waals surface area contributed by atoms with Crippen molar-refractivity contribution in [2.45, 2.75) is 26.8 Å². The van der Waals surface area contributed by atoms with Gasteiger partial charge in [0.25, 0.3) is 11.8 Å². The van der Waals surface area contributed by atoms with Crippen molar-refractivity contribution in [1.82, 2.24) is 10.6 Å². The molecule has 0 aromatic heterocycles. The maximum atomic E-state index is 11.9. The summed E-state index contributed by atoms with van der Waals surface area (Å²) >= 11 is 11.6. The van der Waals surface area contributed by atoms with Gasteiger partial charge < -0.3 is 15.4 Å². The molecule has 0 fully saturated rings. The summed E-state index contributed by atoms with van der Waals surface area (Å²) in [5, 5.41) is 5.65. The fraction of sp³-hybridized carbons (Fsp3) is 0.438. The molecule has 0 aliphatic rings. The molecule has 0 saturated heterocycles. The molecule has 2 N–H and O–H groups in total. The van der Waals surface area contributed by atoms with E-state index < -0.39 is 18.5 Å². The average molecular weight is 375 g/mol. The Hall–Kier alpha value is -1.79. The fourth-order valence-corrected chi connectivity index (χ4v) is 1.85. The molecular weight excluding hydrogens is 355 g/mol. The Kier molecular flexibility index (Phi) is 8.01. The van der Waals surface area contributed by atoms with Crippen molar-refractivity contribution in [3.63, 3.8) is 0 Å². The van der Waals surface area contributed by atoms with Crippen LogP contribution in [0.4, 0.5) is 0 Å². The maximum absolute atomic E-state index is 11.9. The van der Waals surface area contributed by atoms with Crippen molar-refractivity contribution in [2.75, 3.05) is 13.2 Å². The molecule has 0 spiro atoms. The van der Waals surface area contributed by atoms with Gasteiger partial charge in [0.2, 0.25) is 0 Å². The summed E-state index contributed by atoms with van der Waals surface area (Å²) in [7, 11) is 0. The summed E-state index contributed by atoms with van der Waals surface area (Å²) < 4.78 is 4.80. The van der Waals surface area contributed by atoms with Crippen molar-refractivity contribution in [1.29, 1.82) is 0 Å². The van der Waals surface area contributed by atoms with E-state index in [1.54, 1.807) is 0 Å². The van der Waals surface area contributed by atoms with E-state index in [0.29, 0.717) is 5.02 Å². The third-order valence-corrected chi connectivity index (χ3v) is 4.07. The van der Waals surface area contributed by atoms with Crippen molar-refractivity contribution in [3.8, 4) is 0 Å². The van der Waals surface area contributed by atoms with Crippen LogP contribution in [0.3, 0.4) is 0 Å². The highest BCUT2D eigenvalue weighted by Gasteiger charge is 2.14. The van der Waals surface area contributed by atoms with Crippen LogP contribution in [0.25, 0.3) is 0 Å². The lowest BCUT2D eigenvalue weighted by Crippen LogP contribution is -2.39. The second kappa shape index (κ2) is 9.49. The molecule has 2 amide bonds. The third kappa shape index (κ3) is 6.76. The minimum Gasteiger partial charge on any atom is -0.454 e. The van der Waals surface area contributed by atoms with E-state index in [1.165, 1.54) is 18.2 Å². The maximum Gasteiger partial charge on any atom is 0.325 e. The second-order valence-corrected chi connectivity index (χ2v) is 6.39. The lowest BCUT2D eigenvalue weighted by atomic mass is 10.1. The van der Waals surface area contributed by atoms with E-state index in [4.69, 9.17) is 27.9 Å². The van der Waals surface area contributed by atoms with Gasteiger partial charge in [0.15, 0.2) is 6.61 Å². The Morgan fingerprint density at radius 2 is 1.79 bits per heavy atom. The van der Waals surface area contributed by atoms with Crippen LogP contribution in [0.5, 0.6) is 0 Å². The molecule has 0 aliphatic heterocycles. The van der Waals surface area contributed by atoms with Crippen LogP contribution < -0.4 is 10.6 Å². The van der Waals surface area contributed by atoms with Crippen LogP contribution in [-0.2, 0) is 14.3 Å². The van der Waals surface area contributed by atoms with Gasteiger partial charge in [-0.3, -0.25) is 14.4 Å². The standard InChI is InChI=1S/C16H20Cl2N2O4/c1-9(2)10(3)20-14(21)8-24-15(22)7-19-16(23)11-4-5-12(17)13(18)6-11/h4-6,9-10H,7-8H2,1-3H3,(H,19,23)(H,20,21)/t10-/m0/s1. The van der Waals surface area contributed by atoms with Crippen molar-refractivity contribution < 1.29 is 19.1 Å². The number of nitrogens with one attached hydrogen (secondary N) is 2. The number of amides is 2. The highest BCUT2D eigenvalue weighted by atomic mass is 35.5. The van der Waals surface area contributed by atoms with Gasteiger partial charge in [-0.2, -0.15) is 0 Å². The summed E-state index contributed by atoms with van der Waals surface area (Å²) in [5.41, 5.74) is 0.265. The van der Waals surface area contributed by atoms with Crippen LogP contribution in [-0.4, -0.2) is 37.0 Å². The monoisotopic (exact) mass is 374 g/mol. The number of hydrogen-bond acceptors (Lipinski definition) is 4. The first-order valence-corrected chi connectivity index (χ1v) is 8.14. The molecule has 132 valence electrons. The number of hydrogen-bond donors (Lipinski definition) is 2. The summed E-state index contributed by atoms with van der Waals surface area (Å²) in [6, 6.07) is 4.34. The van der Waals surface area contributed by atoms with E-state index in [9.17, 15) is 14.4 Å². The Bertz CT molecular complexity index is 620. The number of carbonyl (C=O) groups excluding carboxylic acids is 3. The molecular formula is C16H20Cl2N2O4. The number of rotatable bonds is 7. The topological polar surface area (TPSA) is 84.5 Å². The zero-order valence-corrected chi connectivity index (χ0v) is 15.2. The molecule has 1 rings (SSSR count). The summed E-state index contributed by atoms with van der Waals surface area (Å²) in [5.74, 6) is -1.32. The summed E-state index contributed by atoms with van der Waals surface area (Å²) in [4.78, 5) is 35.0. The lowest BCUT2D eigenvalue weighted by molar-refractivity contribution is -0.147. The molecule has 0 aliphatic carbocycles. The Morgan fingerprint density at radius 3 is 2.38 bits per heavy atom. The molecule has 6 nitrogen and oxygen atoms in total. The third-order valence-electron chi connectivity index (χ3n) is 3.33. The lowest BCUT2D eigenvalue weighted by Gasteiger charge is -2.17. The molecule has 0 heterocycles. The first kappa shape index (κ1) is 20.3. The van der Waals surface area contributed by atoms with Gasteiger partial charge in [0, 0.05) is 11.6 Å². The number of halogens is 2. The Labute approximate surface area is 150 Å². The van der Waals surface area contributed by atoms with Gasteiger partial charge >= 0.3 is 5.97 Å². The normalized spacial score (nSPS) is 11.8. The molecule has 0 saturated carbocycles. The van der Waals surface area contributed by atoms with Gasteiger partial charge in [-0.1, -0.05) is 37.0 Å². The largest absolute Gasteiger partial charge is 0.454 e. The Morgan fingerprint density at radius 1 is 1.12 bits per heavy atom. The first-order chi connectivity index (χ1) is 11.2. The highest BCUT2D eigenvalue weighted by Crippen LogP contribution is 2.22. The molecule has 0 unspecified atom stereocenters. The predicted octanol–water partition coefficient (Wildman–Crippen LogP) is 2.43. The van der Waals surface area contributed by atoms with E-state index in [1.807, 2.05) is 20.8 Å². The van der Waals surface area contributed by atoms with Crippen molar-refractivity contribution in [2.24, 2.45) is 5.92 Å². The SMILES string of the molecule is CC(C)[C@H](C)NC(=O)COC(=O)CNC(=O)c1ccc(Cl)c(Cl)c1. The summed E-state index contributed by atoms with van der Waals surface area (Å²) in [6.45, 7) is 5.05. The number of ether oxygens (including phenoxy) is 1. The quantitative estimate of drug-likeness (QED) is 0.717. The molecule has 0 radical (unpaired) electrons. The molecule has 24 heavy (non-hydrogen) atoms. The van der Waals surface area contributed by atoms with Crippen LogP contribution in [0.1, 0.15) is 31.1 Å². The zero-order chi connectivity index (χ0) is 18.3. The fourth-order valence-electron chi connectivity index (χ4n) is 1.55. The van der Waals surface area contributed by atoms with E-state index in [2.05, 4.69) is 10.6 Å².